The van der Waals surface area contributed by atoms with Crippen LogP contribution in [0.5, 0.6) is 0 Å². The molecule has 0 aromatic heterocycles. The van der Waals surface area contributed by atoms with Gasteiger partial charge < -0.3 is 5.73 Å². The Balaban J connectivity index is 3.12. The maximum atomic E-state index is 8.49. The van der Waals surface area contributed by atoms with E-state index in [0.29, 0.717) is 17.1 Å². The molecule has 2 N–H and O–H groups in total. The summed E-state index contributed by atoms with van der Waals surface area (Å²) in [5, 5.41) is 8.49. The molecular formula is C8H7ClN2. The quantitative estimate of drug-likeness (QED) is 0.512. The summed E-state index contributed by atoms with van der Waals surface area (Å²) in [6, 6.07) is 7.09. The predicted octanol–water partition coefficient (Wildman–Crippen LogP) is 1.88. The molecule has 0 bridgehead atoms. The minimum Gasteiger partial charge on any atom is -0.398 e. The zero-order valence-corrected chi connectivity index (χ0v) is 6.60. The van der Waals surface area contributed by atoms with Gasteiger partial charge in [-0.05, 0) is 17.7 Å². The molecular weight excluding hydrogens is 160 g/mol. The van der Waals surface area contributed by atoms with Crippen LogP contribution in [0.15, 0.2) is 18.2 Å². The van der Waals surface area contributed by atoms with E-state index in [2.05, 4.69) is 0 Å². The smallest absolute Gasteiger partial charge is 0.0992 e. The molecule has 11 heavy (non-hydrogen) atoms. The lowest BCUT2D eigenvalue weighted by Gasteiger charge is -1.99. The van der Waals surface area contributed by atoms with Gasteiger partial charge in [-0.1, -0.05) is 6.07 Å². The van der Waals surface area contributed by atoms with Crippen molar-refractivity contribution in [2.24, 2.45) is 0 Å². The molecule has 3 heteroatoms. The van der Waals surface area contributed by atoms with Crippen molar-refractivity contribution < 1.29 is 0 Å². The van der Waals surface area contributed by atoms with E-state index in [-0.39, 0.29) is 0 Å². The van der Waals surface area contributed by atoms with Gasteiger partial charge in [0, 0.05) is 11.6 Å². The second-order valence-electron chi connectivity index (χ2n) is 2.16. The fourth-order valence-corrected chi connectivity index (χ4v) is 1.03. The summed E-state index contributed by atoms with van der Waals surface area (Å²) in [7, 11) is 0. The highest BCUT2D eigenvalue weighted by Crippen LogP contribution is 2.15. The molecule has 1 rings (SSSR count). The molecule has 0 radical (unpaired) electrons. The lowest BCUT2D eigenvalue weighted by atomic mass is 10.1. The van der Waals surface area contributed by atoms with Gasteiger partial charge in [0.25, 0.3) is 0 Å². The van der Waals surface area contributed by atoms with Crippen molar-refractivity contribution in [3.05, 3.63) is 29.3 Å². The van der Waals surface area contributed by atoms with Crippen molar-refractivity contribution in [3.8, 4) is 6.07 Å². The zero-order chi connectivity index (χ0) is 8.27. The van der Waals surface area contributed by atoms with E-state index in [1.165, 1.54) is 0 Å². The van der Waals surface area contributed by atoms with Gasteiger partial charge in [-0.3, -0.25) is 0 Å². The first-order valence-electron chi connectivity index (χ1n) is 3.12. The number of nitrogens with two attached hydrogens (primary N) is 1. The van der Waals surface area contributed by atoms with Gasteiger partial charge in [0.1, 0.15) is 0 Å². The van der Waals surface area contributed by atoms with Crippen molar-refractivity contribution in [1.82, 2.24) is 0 Å². The Kier molecular flexibility index (Phi) is 2.35. The fraction of sp³-hybridized carbons (Fsp3) is 0.125. The van der Waals surface area contributed by atoms with Crippen LogP contribution >= 0.6 is 11.6 Å². The van der Waals surface area contributed by atoms with Crippen LogP contribution in [0.3, 0.4) is 0 Å². The predicted molar refractivity (Wildman–Crippen MR) is 45.1 cm³/mol. The molecule has 0 aliphatic heterocycles. The molecule has 56 valence electrons. The van der Waals surface area contributed by atoms with E-state index in [0.717, 1.165) is 5.56 Å². The molecule has 0 amide bonds. The van der Waals surface area contributed by atoms with Crippen LogP contribution in [0, 0.1) is 11.3 Å². The van der Waals surface area contributed by atoms with Crippen molar-refractivity contribution in [2.45, 2.75) is 5.88 Å². The Morgan fingerprint density at radius 3 is 2.73 bits per heavy atom. The van der Waals surface area contributed by atoms with Crippen LogP contribution in [-0.2, 0) is 5.88 Å². The second kappa shape index (κ2) is 3.27. The maximum Gasteiger partial charge on any atom is 0.0992 e. The summed E-state index contributed by atoms with van der Waals surface area (Å²) in [6.45, 7) is 0. The summed E-state index contributed by atoms with van der Waals surface area (Å²) >= 11 is 5.56. The first-order chi connectivity index (χ1) is 5.27. The molecule has 0 unspecified atom stereocenters. The molecule has 0 spiro atoms. The van der Waals surface area contributed by atoms with E-state index in [4.69, 9.17) is 22.6 Å². The third kappa shape index (κ3) is 1.63. The molecule has 1 aromatic carbocycles. The summed E-state index contributed by atoms with van der Waals surface area (Å²) in [5.74, 6) is 0.386. The number of hydrogen-bond acceptors (Lipinski definition) is 2. The van der Waals surface area contributed by atoms with Gasteiger partial charge in [-0.15, -0.1) is 11.6 Å². The first kappa shape index (κ1) is 7.90. The van der Waals surface area contributed by atoms with Crippen LogP contribution in [0.25, 0.3) is 0 Å². The minimum absolute atomic E-state index is 0.386. The molecule has 0 atom stereocenters. The SMILES string of the molecule is N#Cc1ccc(CCl)c(N)c1. The van der Waals surface area contributed by atoms with Gasteiger partial charge in [-0.2, -0.15) is 5.26 Å². The van der Waals surface area contributed by atoms with Gasteiger partial charge >= 0.3 is 0 Å². The van der Waals surface area contributed by atoms with E-state index in [9.17, 15) is 0 Å². The Morgan fingerprint density at radius 1 is 1.55 bits per heavy atom. The number of nitrogen functional groups attached to an aromatic ring is 1. The van der Waals surface area contributed by atoms with Gasteiger partial charge in [0.2, 0.25) is 0 Å². The van der Waals surface area contributed by atoms with Gasteiger partial charge in [0.05, 0.1) is 11.6 Å². The number of anilines is 1. The first-order valence-corrected chi connectivity index (χ1v) is 3.66. The largest absolute Gasteiger partial charge is 0.398 e. The molecule has 0 heterocycles. The Hall–Kier alpha value is -1.20. The van der Waals surface area contributed by atoms with Crippen molar-refractivity contribution >= 4 is 17.3 Å². The molecule has 0 saturated heterocycles. The van der Waals surface area contributed by atoms with Crippen LogP contribution < -0.4 is 5.73 Å². The maximum absolute atomic E-state index is 8.49. The molecule has 0 saturated carbocycles. The van der Waals surface area contributed by atoms with Crippen LogP contribution in [0.2, 0.25) is 0 Å². The summed E-state index contributed by atoms with van der Waals surface area (Å²) < 4.78 is 0. The zero-order valence-electron chi connectivity index (χ0n) is 5.84. The fourth-order valence-electron chi connectivity index (χ4n) is 0.786. The third-order valence-corrected chi connectivity index (χ3v) is 1.71. The number of alkyl halides is 1. The average Bonchev–Trinajstić information content (AvgIpc) is 2.04. The Morgan fingerprint density at radius 2 is 2.27 bits per heavy atom. The summed E-state index contributed by atoms with van der Waals surface area (Å²) in [5.41, 5.74) is 7.59. The van der Waals surface area contributed by atoms with Crippen LogP contribution in [0.1, 0.15) is 11.1 Å². The minimum atomic E-state index is 0.386. The molecule has 0 aliphatic rings. The number of nitriles is 1. The topological polar surface area (TPSA) is 49.8 Å². The molecule has 0 aliphatic carbocycles. The molecule has 0 fully saturated rings. The number of halogens is 1. The van der Waals surface area contributed by atoms with Crippen molar-refractivity contribution in [1.29, 1.82) is 5.26 Å². The highest BCUT2D eigenvalue weighted by Gasteiger charge is 1.97. The van der Waals surface area contributed by atoms with Gasteiger partial charge in [-0.25, -0.2) is 0 Å². The Labute approximate surface area is 70.2 Å². The molecule has 1 aromatic rings. The number of nitrogens with zero attached hydrogens (tertiary/aromatic N) is 1. The van der Waals surface area contributed by atoms with E-state index in [1.807, 2.05) is 6.07 Å². The number of rotatable bonds is 1. The van der Waals surface area contributed by atoms with Crippen molar-refractivity contribution in [3.63, 3.8) is 0 Å². The highest BCUT2D eigenvalue weighted by atomic mass is 35.5. The van der Waals surface area contributed by atoms with Crippen molar-refractivity contribution in [2.75, 3.05) is 5.73 Å². The number of benzene rings is 1. The molecule has 2 nitrogen and oxygen atoms in total. The van der Waals surface area contributed by atoms with E-state index >= 15 is 0 Å². The lowest BCUT2D eigenvalue weighted by molar-refractivity contribution is 1.39. The standard InChI is InChI=1S/C8H7ClN2/c9-4-7-2-1-6(5-10)3-8(7)11/h1-3H,4,11H2. The summed E-state index contributed by atoms with van der Waals surface area (Å²) in [4.78, 5) is 0. The normalized spacial score (nSPS) is 9.09. The lowest BCUT2D eigenvalue weighted by Crippen LogP contribution is -1.91. The highest BCUT2D eigenvalue weighted by molar-refractivity contribution is 6.17. The average molecular weight is 167 g/mol. The van der Waals surface area contributed by atoms with E-state index in [1.54, 1.807) is 18.2 Å². The van der Waals surface area contributed by atoms with Crippen LogP contribution in [-0.4, -0.2) is 0 Å². The van der Waals surface area contributed by atoms with Crippen LogP contribution in [0.4, 0.5) is 5.69 Å². The van der Waals surface area contributed by atoms with Gasteiger partial charge in [0.15, 0.2) is 0 Å². The summed E-state index contributed by atoms with van der Waals surface area (Å²) in [6.07, 6.45) is 0. The Bertz CT molecular complexity index is 301. The monoisotopic (exact) mass is 166 g/mol. The second-order valence-corrected chi connectivity index (χ2v) is 2.43. The number of hydrogen-bond donors (Lipinski definition) is 1. The van der Waals surface area contributed by atoms with E-state index < -0.39 is 0 Å². The third-order valence-electron chi connectivity index (χ3n) is 1.42.